The molecule has 0 heterocycles. The molecule has 1 rings (SSSR count). The van der Waals surface area contributed by atoms with E-state index in [0.29, 0.717) is 6.54 Å². The smallest absolute Gasteiger partial charge is 0.236 e. The van der Waals surface area contributed by atoms with Crippen molar-refractivity contribution in [3.05, 3.63) is 35.4 Å². The van der Waals surface area contributed by atoms with Gasteiger partial charge in [0.2, 0.25) is 5.91 Å². The Hall–Kier alpha value is -1.53. The number of aliphatic hydroxyl groups is 1. The van der Waals surface area contributed by atoms with Crippen molar-refractivity contribution in [2.24, 2.45) is 0 Å². The Morgan fingerprint density at radius 1 is 1.33 bits per heavy atom. The molecule has 21 heavy (non-hydrogen) atoms. The van der Waals surface area contributed by atoms with Crippen molar-refractivity contribution in [3.8, 4) is 0 Å². The van der Waals surface area contributed by atoms with Gasteiger partial charge in [-0.25, -0.2) is 8.78 Å². The van der Waals surface area contributed by atoms with E-state index in [4.69, 9.17) is 0 Å². The first-order valence-electron chi connectivity index (χ1n) is 6.90. The predicted molar refractivity (Wildman–Crippen MR) is 76.7 cm³/mol. The van der Waals surface area contributed by atoms with Gasteiger partial charge in [0.05, 0.1) is 12.6 Å². The van der Waals surface area contributed by atoms with Crippen molar-refractivity contribution < 1.29 is 18.7 Å². The van der Waals surface area contributed by atoms with E-state index in [1.165, 1.54) is 11.0 Å². The normalized spacial score (nSPS) is 12.5. The molecule has 0 spiro atoms. The van der Waals surface area contributed by atoms with Gasteiger partial charge in [0.25, 0.3) is 0 Å². The van der Waals surface area contributed by atoms with Crippen molar-refractivity contribution >= 4 is 5.91 Å². The van der Waals surface area contributed by atoms with E-state index < -0.39 is 17.7 Å². The summed E-state index contributed by atoms with van der Waals surface area (Å²) in [5.74, 6) is -1.55. The van der Waals surface area contributed by atoms with Crippen LogP contribution < -0.4 is 0 Å². The van der Waals surface area contributed by atoms with Crippen LogP contribution in [-0.4, -0.2) is 54.5 Å². The van der Waals surface area contributed by atoms with Crippen molar-refractivity contribution in [1.29, 1.82) is 0 Å². The van der Waals surface area contributed by atoms with Gasteiger partial charge < -0.3 is 10.0 Å². The summed E-state index contributed by atoms with van der Waals surface area (Å²) in [6, 6.07) is 3.08. The number of rotatable bonds is 7. The van der Waals surface area contributed by atoms with E-state index >= 15 is 0 Å². The van der Waals surface area contributed by atoms with E-state index in [1.54, 1.807) is 19.0 Å². The molecule has 0 saturated carbocycles. The number of benzene rings is 1. The van der Waals surface area contributed by atoms with Gasteiger partial charge in [-0.05, 0) is 19.0 Å². The molecule has 1 aromatic rings. The van der Waals surface area contributed by atoms with Crippen LogP contribution in [0.4, 0.5) is 8.78 Å². The summed E-state index contributed by atoms with van der Waals surface area (Å²) in [4.78, 5) is 15.0. The number of halogens is 2. The molecule has 6 heteroatoms. The molecule has 0 radical (unpaired) electrons. The molecule has 1 aromatic carbocycles. The van der Waals surface area contributed by atoms with E-state index in [0.717, 1.165) is 18.6 Å². The Morgan fingerprint density at radius 3 is 2.52 bits per heavy atom. The van der Waals surface area contributed by atoms with Gasteiger partial charge in [0.1, 0.15) is 11.6 Å². The second-order valence-electron chi connectivity index (χ2n) is 5.20. The lowest BCUT2D eigenvalue weighted by atomic mass is 10.1. The molecule has 0 bridgehead atoms. The number of hydrogen-bond acceptors (Lipinski definition) is 3. The Labute approximate surface area is 124 Å². The monoisotopic (exact) mass is 300 g/mol. The second kappa shape index (κ2) is 8.05. The lowest BCUT2D eigenvalue weighted by Gasteiger charge is -2.25. The van der Waals surface area contributed by atoms with E-state index in [1.807, 2.05) is 6.92 Å². The molecule has 4 nitrogen and oxygen atoms in total. The first-order valence-corrected chi connectivity index (χ1v) is 6.90. The third-order valence-corrected chi connectivity index (χ3v) is 3.15. The molecular weight excluding hydrogens is 278 g/mol. The minimum Gasteiger partial charge on any atom is -0.387 e. The number of hydrogen-bond donors (Lipinski definition) is 1. The largest absolute Gasteiger partial charge is 0.387 e. The Bertz CT molecular complexity index is 481. The maximum absolute atomic E-state index is 13.6. The maximum Gasteiger partial charge on any atom is 0.236 e. The van der Waals surface area contributed by atoms with Gasteiger partial charge in [-0.2, -0.15) is 0 Å². The number of nitrogens with zero attached hydrogens (tertiary/aromatic N) is 2. The molecule has 1 unspecified atom stereocenters. The number of likely N-dealkylation sites (N-methyl/N-ethyl adjacent to an activating group) is 1. The van der Waals surface area contributed by atoms with Crippen LogP contribution in [0.1, 0.15) is 25.0 Å². The van der Waals surface area contributed by atoms with Crippen molar-refractivity contribution in [3.63, 3.8) is 0 Å². The standard InChI is InChI=1S/C15H22F2N2O2/c1-4-7-19(10-15(21)18(2)3)9-14(20)12-6-5-11(16)8-13(12)17/h5-6,8,14,20H,4,7,9-10H2,1-3H3. The fraction of sp³-hybridized carbons (Fsp3) is 0.533. The Morgan fingerprint density at radius 2 is 2.00 bits per heavy atom. The third-order valence-electron chi connectivity index (χ3n) is 3.15. The molecule has 0 aliphatic carbocycles. The summed E-state index contributed by atoms with van der Waals surface area (Å²) in [6.45, 7) is 2.84. The van der Waals surface area contributed by atoms with Gasteiger partial charge in [-0.1, -0.05) is 13.0 Å². The van der Waals surface area contributed by atoms with E-state index in [9.17, 15) is 18.7 Å². The van der Waals surface area contributed by atoms with Crippen LogP contribution in [0.2, 0.25) is 0 Å². The Balaban J connectivity index is 2.75. The number of amides is 1. The summed E-state index contributed by atoms with van der Waals surface area (Å²) >= 11 is 0. The summed E-state index contributed by atoms with van der Waals surface area (Å²) < 4.78 is 26.5. The van der Waals surface area contributed by atoms with Crippen LogP contribution in [0.15, 0.2) is 18.2 Å². The average Bonchev–Trinajstić information content (AvgIpc) is 2.38. The van der Waals surface area contributed by atoms with Crippen LogP contribution in [0, 0.1) is 11.6 Å². The predicted octanol–water partition coefficient (Wildman–Crippen LogP) is 1.80. The van der Waals surface area contributed by atoms with Crippen LogP contribution in [0.25, 0.3) is 0 Å². The Kier molecular flexibility index (Phi) is 6.71. The quantitative estimate of drug-likeness (QED) is 0.835. The third kappa shape index (κ3) is 5.40. The number of aliphatic hydroxyl groups excluding tert-OH is 1. The van der Waals surface area contributed by atoms with Gasteiger partial charge in [-0.3, -0.25) is 9.69 Å². The van der Waals surface area contributed by atoms with Gasteiger partial charge in [-0.15, -0.1) is 0 Å². The van der Waals surface area contributed by atoms with Gasteiger partial charge >= 0.3 is 0 Å². The topological polar surface area (TPSA) is 43.8 Å². The van der Waals surface area contributed by atoms with Gasteiger partial charge in [0.15, 0.2) is 0 Å². The van der Waals surface area contributed by atoms with Crippen molar-refractivity contribution in [1.82, 2.24) is 9.80 Å². The van der Waals surface area contributed by atoms with Crippen LogP contribution in [0.5, 0.6) is 0 Å². The number of carbonyl (C=O) groups is 1. The van der Waals surface area contributed by atoms with Crippen molar-refractivity contribution in [2.45, 2.75) is 19.4 Å². The molecule has 0 aliphatic rings. The first kappa shape index (κ1) is 17.5. The van der Waals surface area contributed by atoms with Crippen molar-refractivity contribution in [2.75, 3.05) is 33.7 Å². The minimum atomic E-state index is -1.10. The molecule has 1 atom stereocenters. The molecule has 0 saturated heterocycles. The van der Waals surface area contributed by atoms with E-state index in [2.05, 4.69) is 0 Å². The van der Waals surface area contributed by atoms with E-state index in [-0.39, 0.29) is 24.6 Å². The first-order chi connectivity index (χ1) is 9.85. The zero-order chi connectivity index (χ0) is 16.0. The molecule has 1 amide bonds. The highest BCUT2D eigenvalue weighted by Crippen LogP contribution is 2.19. The molecule has 1 N–H and O–H groups in total. The van der Waals surface area contributed by atoms with Gasteiger partial charge in [0, 0.05) is 32.3 Å². The van der Waals surface area contributed by atoms with Crippen LogP contribution in [-0.2, 0) is 4.79 Å². The fourth-order valence-electron chi connectivity index (χ4n) is 2.00. The molecule has 0 aromatic heterocycles. The lowest BCUT2D eigenvalue weighted by Crippen LogP contribution is -2.39. The zero-order valence-corrected chi connectivity index (χ0v) is 12.6. The fourth-order valence-corrected chi connectivity index (χ4v) is 2.00. The average molecular weight is 300 g/mol. The minimum absolute atomic E-state index is 0.0369. The summed E-state index contributed by atoms with van der Waals surface area (Å²) in [7, 11) is 3.31. The molecular formula is C15H22F2N2O2. The highest BCUT2D eigenvalue weighted by molar-refractivity contribution is 5.77. The summed E-state index contributed by atoms with van der Waals surface area (Å²) in [5, 5.41) is 10.1. The summed E-state index contributed by atoms with van der Waals surface area (Å²) in [6.07, 6.45) is -0.300. The molecule has 118 valence electrons. The highest BCUT2D eigenvalue weighted by Gasteiger charge is 2.19. The SMILES string of the molecule is CCCN(CC(=O)N(C)C)CC(O)c1ccc(F)cc1F. The molecule has 0 fully saturated rings. The zero-order valence-electron chi connectivity index (χ0n) is 12.6. The van der Waals surface area contributed by atoms with Crippen LogP contribution >= 0.6 is 0 Å². The highest BCUT2D eigenvalue weighted by atomic mass is 19.1. The van der Waals surface area contributed by atoms with Crippen LogP contribution in [0.3, 0.4) is 0 Å². The second-order valence-corrected chi connectivity index (χ2v) is 5.20. The lowest BCUT2D eigenvalue weighted by molar-refractivity contribution is -0.130. The maximum atomic E-state index is 13.6. The number of carbonyl (C=O) groups excluding carboxylic acids is 1. The summed E-state index contributed by atoms with van der Waals surface area (Å²) in [5.41, 5.74) is 0.0369. The molecule has 0 aliphatic heterocycles.